The fourth-order valence-corrected chi connectivity index (χ4v) is 3.04. The normalized spacial score (nSPS) is 12.2. The van der Waals surface area contributed by atoms with Crippen LogP contribution in [-0.2, 0) is 6.54 Å². The van der Waals surface area contributed by atoms with Crippen LogP contribution in [0.3, 0.4) is 0 Å². The lowest BCUT2D eigenvalue weighted by Gasteiger charge is -2.16. The van der Waals surface area contributed by atoms with Crippen LogP contribution in [0, 0.1) is 0 Å². The van der Waals surface area contributed by atoms with Crippen LogP contribution in [0.5, 0.6) is 5.75 Å². The van der Waals surface area contributed by atoms with Gasteiger partial charge in [-0.15, -0.1) is 0 Å². The first-order valence-corrected chi connectivity index (χ1v) is 8.68. The minimum absolute atomic E-state index is 0.227. The summed E-state index contributed by atoms with van der Waals surface area (Å²) < 4.78 is 7.75. The first kappa shape index (κ1) is 16.4. The van der Waals surface area contributed by atoms with Gasteiger partial charge >= 0.3 is 0 Å². The molecule has 0 amide bonds. The Morgan fingerprint density at radius 1 is 0.846 bits per heavy atom. The molecule has 0 fully saturated rings. The van der Waals surface area contributed by atoms with Crippen LogP contribution >= 0.6 is 0 Å². The van der Waals surface area contributed by atoms with Crippen molar-refractivity contribution in [2.45, 2.75) is 12.6 Å². The molecule has 0 saturated heterocycles. The largest absolute Gasteiger partial charge is 0.491 e. The smallest absolute Gasteiger partial charge is 0.141 e. The summed E-state index contributed by atoms with van der Waals surface area (Å²) in [6, 6.07) is 27.6. The summed E-state index contributed by atoms with van der Waals surface area (Å²) >= 11 is 0. The molecule has 3 aromatic carbocycles. The Morgan fingerprint density at radius 3 is 2.27 bits per heavy atom. The summed E-state index contributed by atoms with van der Waals surface area (Å²) in [7, 11) is 0. The minimum atomic E-state index is -0.643. The van der Waals surface area contributed by atoms with E-state index >= 15 is 0 Å². The van der Waals surface area contributed by atoms with Gasteiger partial charge in [-0.1, -0.05) is 60.7 Å². The van der Waals surface area contributed by atoms with Gasteiger partial charge in [0, 0.05) is 5.56 Å². The highest BCUT2D eigenvalue weighted by molar-refractivity contribution is 5.80. The molecule has 4 aromatic rings. The van der Waals surface area contributed by atoms with Crippen molar-refractivity contribution in [3.63, 3.8) is 0 Å². The maximum absolute atomic E-state index is 10.5. The number of rotatable bonds is 6. The quantitative estimate of drug-likeness (QED) is 0.572. The van der Waals surface area contributed by atoms with Crippen molar-refractivity contribution in [3.05, 3.63) is 84.9 Å². The minimum Gasteiger partial charge on any atom is -0.491 e. The Morgan fingerprint density at radius 2 is 1.50 bits per heavy atom. The van der Waals surface area contributed by atoms with E-state index in [9.17, 15) is 5.11 Å². The van der Waals surface area contributed by atoms with E-state index in [0.717, 1.165) is 28.2 Å². The Labute approximate surface area is 152 Å². The van der Waals surface area contributed by atoms with Gasteiger partial charge in [-0.05, 0) is 24.3 Å². The molecular weight excluding hydrogens is 324 g/mol. The van der Waals surface area contributed by atoms with Gasteiger partial charge in [-0.3, -0.25) is 0 Å². The molecule has 0 aliphatic carbocycles. The Balaban J connectivity index is 1.60. The third-order valence-electron chi connectivity index (χ3n) is 4.27. The number of hydrogen-bond acceptors (Lipinski definition) is 3. The lowest BCUT2D eigenvalue weighted by Crippen LogP contribution is -2.24. The molecule has 0 aliphatic heterocycles. The van der Waals surface area contributed by atoms with Crippen LogP contribution in [0.2, 0.25) is 0 Å². The fourth-order valence-electron chi connectivity index (χ4n) is 3.04. The molecule has 4 rings (SSSR count). The highest BCUT2D eigenvalue weighted by Crippen LogP contribution is 2.25. The molecule has 1 unspecified atom stereocenters. The van der Waals surface area contributed by atoms with Crippen molar-refractivity contribution in [1.82, 2.24) is 9.55 Å². The molecule has 26 heavy (non-hydrogen) atoms. The van der Waals surface area contributed by atoms with E-state index in [4.69, 9.17) is 9.72 Å². The topological polar surface area (TPSA) is 47.3 Å². The molecular formula is C22H20N2O2. The molecule has 4 heteroatoms. The van der Waals surface area contributed by atoms with Crippen LogP contribution in [0.4, 0.5) is 0 Å². The number of para-hydroxylation sites is 3. The van der Waals surface area contributed by atoms with Gasteiger partial charge in [0.15, 0.2) is 0 Å². The second-order valence-electron chi connectivity index (χ2n) is 6.18. The number of aliphatic hydroxyl groups excluding tert-OH is 1. The van der Waals surface area contributed by atoms with Crippen molar-refractivity contribution >= 4 is 11.0 Å². The molecule has 0 bridgehead atoms. The molecule has 0 aliphatic rings. The van der Waals surface area contributed by atoms with E-state index in [0.29, 0.717) is 6.54 Å². The first-order valence-electron chi connectivity index (χ1n) is 8.68. The predicted octanol–water partition coefficient (Wildman–Crippen LogP) is 4.14. The van der Waals surface area contributed by atoms with E-state index in [1.807, 2.05) is 84.9 Å². The van der Waals surface area contributed by atoms with Gasteiger partial charge < -0.3 is 14.4 Å². The third-order valence-corrected chi connectivity index (χ3v) is 4.27. The zero-order valence-corrected chi connectivity index (χ0v) is 14.3. The summed E-state index contributed by atoms with van der Waals surface area (Å²) in [4.78, 5) is 4.77. The number of imidazole rings is 1. The number of nitrogens with zero attached hydrogens (tertiary/aromatic N) is 2. The first-order chi connectivity index (χ1) is 12.8. The lowest BCUT2D eigenvalue weighted by atomic mass is 10.2. The average molecular weight is 344 g/mol. The van der Waals surface area contributed by atoms with Gasteiger partial charge in [0.1, 0.15) is 24.3 Å². The SMILES string of the molecule is OC(COc1ccccc1)Cn1c(-c2ccccc2)nc2ccccc21. The molecule has 1 N–H and O–H groups in total. The number of ether oxygens (including phenoxy) is 1. The van der Waals surface area contributed by atoms with Crippen molar-refractivity contribution in [1.29, 1.82) is 0 Å². The molecule has 1 atom stereocenters. The standard InChI is InChI=1S/C22H20N2O2/c25-18(16-26-19-11-5-2-6-12-19)15-24-21-14-8-7-13-20(21)23-22(24)17-9-3-1-4-10-17/h1-14,18,25H,15-16H2. The summed E-state index contributed by atoms with van der Waals surface area (Å²) in [5, 5.41) is 10.5. The zero-order chi connectivity index (χ0) is 17.8. The monoisotopic (exact) mass is 344 g/mol. The van der Waals surface area contributed by atoms with Gasteiger partial charge in [-0.25, -0.2) is 4.98 Å². The number of hydrogen-bond donors (Lipinski definition) is 1. The molecule has 1 aromatic heterocycles. The van der Waals surface area contributed by atoms with Crippen molar-refractivity contribution in [2.75, 3.05) is 6.61 Å². The summed E-state index contributed by atoms with van der Waals surface area (Å²) in [5.41, 5.74) is 2.95. The maximum atomic E-state index is 10.5. The number of aliphatic hydroxyl groups is 1. The third kappa shape index (κ3) is 3.46. The highest BCUT2D eigenvalue weighted by Gasteiger charge is 2.15. The fraction of sp³-hybridized carbons (Fsp3) is 0.136. The maximum Gasteiger partial charge on any atom is 0.141 e. The van der Waals surface area contributed by atoms with Crippen molar-refractivity contribution < 1.29 is 9.84 Å². The summed E-state index contributed by atoms with van der Waals surface area (Å²) in [6.07, 6.45) is -0.643. The van der Waals surface area contributed by atoms with E-state index in [1.54, 1.807) is 0 Å². The van der Waals surface area contributed by atoms with Gasteiger partial charge in [0.25, 0.3) is 0 Å². The van der Waals surface area contributed by atoms with Crippen LogP contribution in [0.25, 0.3) is 22.4 Å². The molecule has 130 valence electrons. The second kappa shape index (κ2) is 7.42. The zero-order valence-electron chi connectivity index (χ0n) is 14.3. The summed E-state index contributed by atoms with van der Waals surface area (Å²) in [6.45, 7) is 0.641. The average Bonchev–Trinajstić information content (AvgIpc) is 3.06. The number of aromatic nitrogens is 2. The summed E-state index contributed by atoms with van der Waals surface area (Å²) in [5.74, 6) is 1.61. The molecule has 0 saturated carbocycles. The Bertz CT molecular complexity index is 981. The molecule has 1 heterocycles. The van der Waals surface area contributed by atoms with Crippen LogP contribution in [0.1, 0.15) is 0 Å². The van der Waals surface area contributed by atoms with Crippen LogP contribution < -0.4 is 4.74 Å². The van der Waals surface area contributed by atoms with E-state index in [2.05, 4.69) is 4.57 Å². The van der Waals surface area contributed by atoms with E-state index in [1.165, 1.54) is 0 Å². The lowest BCUT2D eigenvalue weighted by molar-refractivity contribution is 0.0938. The van der Waals surface area contributed by atoms with Gasteiger partial charge in [0.05, 0.1) is 17.6 Å². The predicted molar refractivity (Wildman–Crippen MR) is 103 cm³/mol. The number of fused-ring (bicyclic) bond motifs is 1. The van der Waals surface area contributed by atoms with Crippen LogP contribution in [-0.4, -0.2) is 27.4 Å². The molecule has 0 spiro atoms. The Hall–Kier alpha value is -3.11. The number of benzene rings is 3. The van der Waals surface area contributed by atoms with E-state index in [-0.39, 0.29) is 6.61 Å². The van der Waals surface area contributed by atoms with E-state index < -0.39 is 6.10 Å². The van der Waals surface area contributed by atoms with Crippen molar-refractivity contribution in [2.24, 2.45) is 0 Å². The van der Waals surface area contributed by atoms with Gasteiger partial charge in [-0.2, -0.15) is 0 Å². The second-order valence-corrected chi connectivity index (χ2v) is 6.18. The molecule has 0 radical (unpaired) electrons. The Kier molecular flexibility index (Phi) is 4.67. The van der Waals surface area contributed by atoms with Crippen molar-refractivity contribution in [3.8, 4) is 17.1 Å². The molecule has 4 nitrogen and oxygen atoms in total. The van der Waals surface area contributed by atoms with Gasteiger partial charge in [0.2, 0.25) is 0 Å². The van der Waals surface area contributed by atoms with Crippen LogP contribution in [0.15, 0.2) is 84.9 Å². The highest BCUT2D eigenvalue weighted by atomic mass is 16.5.